The first kappa shape index (κ1) is 16.2. The molecule has 2 N–H and O–H groups in total. The van der Waals surface area contributed by atoms with Crippen LogP contribution in [0.25, 0.3) is 0 Å². The van der Waals surface area contributed by atoms with Crippen LogP contribution in [0.15, 0.2) is 46.1 Å². The van der Waals surface area contributed by atoms with Gasteiger partial charge in [-0.3, -0.25) is 19.0 Å². The van der Waals surface area contributed by atoms with E-state index in [9.17, 15) is 19.2 Å². The molecule has 0 bridgehead atoms. The molecule has 0 aliphatic rings. The van der Waals surface area contributed by atoms with Gasteiger partial charge in [-0.05, 0) is 12.1 Å². The van der Waals surface area contributed by atoms with Gasteiger partial charge < -0.3 is 15.2 Å². The maximum atomic E-state index is 12.0. The summed E-state index contributed by atoms with van der Waals surface area (Å²) in [6, 6.07) is 8.77. The lowest BCUT2D eigenvalue weighted by molar-refractivity contribution is -0.115. The van der Waals surface area contributed by atoms with Crippen LogP contribution in [0.1, 0.15) is 10.4 Å². The Morgan fingerprint density at radius 2 is 1.74 bits per heavy atom. The first-order valence-corrected chi connectivity index (χ1v) is 6.80. The fourth-order valence-electron chi connectivity index (χ4n) is 1.95. The van der Waals surface area contributed by atoms with Gasteiger partial charge in [0.25, 0.3) is 11.5 Å². The van der Waals surface area contributed by atoms with E-state index in [1.54, 1.807) is 24.3 Å². The van der Waals surface area contributed by atoms with Crippen LogP contribution in [0.4, 0.5) is 5.69 Å². The summed E-state index contributed by atoms with van der Waals surface area (Å²) < 4.78 is 1.96. The summed E-state index contributed by atoms with van der Waals surface area (Å²) in [6.07, 6.45) is 1.15. The Bertz CT molecular complexity index is 852. The number of aryl methyl sites for hydroxylation is 1. The Morgan fingerprint density at radius 3 is 2.39 bits per heavy atom. The maximum Gasteiger partial charge on any atom is 0.330 e. The molecule has 0 saturated heterocycles. The molecule has 8 nitrogen and oxygen atoms in total. The van der Waals surface area contributed by atoms with Crippen molar-refractivity contribution in [3.63, 3.8) is 0 Å². The summed E-state index contributed by atoms with van der Waals surface area (Å²) >= 11 is 0. The Balaban J connectivity index is 2.04. The van der Waals surface area contributed by atoms with Gasteiger partial charge in [-0.2, -0.15) is 0 Å². The van der Waals surface area contributed by atoms with Crippen molar-refractivity contribution < 1.29 is 9.59 Å². The van der Waals surface area contributed by atoms with E-state index < -0.39 is 23.1 Å². The second-order valence-corrected chi connectivity index (χ2v) is 4.90. The number of hydrogen-bond donors (Lipinski definition) is 2. The second-order valence-electron chi connectivity index (χ2n) is 4.90. The number of nitrogens with zero attached hydrogens (tertiary/aromatic N) is 2. The van der Waals surface area contributed by atoms with Gasteiger partial charge in [-0.1, -0.05) is 18.2 Å². The fraction of sp³-hybridized carbons (Fsp3) is 0.200. The summed E-state index contributed by atoms with van der Waals surface area (Å²) in [4.78, 5) is 47.2. The van der Waals surface area contributed by atoms with Gasteiger partial charge in [-0.15, -0.1) is 0 Å². The van der Waals surface area contributed by atoms with E-state index >= 15 is 0 Å². The summed E-state index contributed by atoms with van der Waals surface area (Å²) in [7, 11) is 2.71. The van der Waals surface area contributed by atoms with Crippen LogP contribution in [0, 0.1) is 0 Å². The SMILES string of the molecule is Cn1cc(C(=O)NCC(=O)Nc2ccccc2)c(=O)n(C)c1=O. The molecule has 0 spiro atoms. The van der Waals surface area contributed by atoms with Crippen LogP contribution >= 0.6 is 0 Å². The molecule has 2 amide bonds. The highest BCUT2D eigenvalue weighted by molar-refractivity contribution is 5.98. The quantitative estimate of drug-likeness (QED) is 0.790. The largest absolute Gasteiger partial charge is 0.343 e. The summed E-state index contributed by atoms with van der Waals surface area (Å²) in [6.45, 7) is -0.292. The van der Waals surface area contributed by atoms with Crippen molar-refractivity contribution in [2.75, 3.05) is 11.9 Å². The van der Waals surface area contributed by atoms with E-state index in [1.165, 1.54) is 14.1 Å². The van der Waals surface area contributed by atoms with E-state index in [1.807, 2.05) is 6.07 Å². The zero-order chi connectivity index (χ0) is 17.0. The maximum absolute atomic E-state index is 12.0. The first-order valence-electron chi connectivity index (χ1n) is 6.80. The summed E-state index contributed by atoms with van der Waals surface area (Å²) in [5, 5.41) is 4.96. The molecule has 2 rings (SSSR count). The smallest absolute Gasteiger partial charge is 0.330 e. The highest BCUT2D eigenvalue weighted by Gasteiger charge is 2.15. The van der Waals surface area contributed by atoms with Gasteiger partial charge in [0, 0.05) is 26.0 Å². The van der Waals surface area contributed by atoms with Crippen molar-refractivity contribution in [1.29, 1.82) is 0 Å². The van der Waals surface area contributed by atoms with Gasteiger partial charge in [0.15, 0.2) is 0 Å². The average Bonchev–Trinajstić information content (AvgIpc) is 2.55. The van der Waals surface area contributed by atoms with Gasteiger partial charge in [0.2, 0.25) is 5.91 Å². The van der Waals surface area contributed by atoms with Crippen LogP contribution < -0.4 is 21.9 Å². The molecular formula is C15H16N4O4. The van der Waals surface area contributed by atoms with Gasteiger partial charge in [0.1, 0.15) is 5.56 Å². The van der Waals surface area contributed by atoms with Crippen molar-refractivity contribution in [3.05, 3.63) is 62.9 Å². The van der Waals surface area contributed by atoms with E-state index in [0.29, 0.717) is 5.69 Å². The third kappa shape index (κ3) is 3.73. The molecular weight excluding hydrogens is 300 g/mol. The minimum Gasteiger partial charge on any atom is -0.343 e. The molecule has 0 fully saturated rings. The van der Waals surface area contributed by atoms with E-state index in [0.717, 1.165) is 15.3 Å². The molecule has 1 aromatic heterocycles. The van der Waals surface area contributed by atoms with E-state index in [-0.39, 0.29) is 12.1 Å². The van der Waals surface area contributed by atoms with Crippen molar-refractivity contribution >= 4 is 17.5 Å². The topological polar surface area (TPSA) is 102 Å². The zero-order valence-corrected chi connectivity index (χ0v) is 12.7. The number of rotatable bonds is 4. The molecule has 0 aliphatic carbocycles. The molecule has 23 heavy (non-hydrogen) atoms. The Labute approximate surface area is 131 Å². The third-order valence-electron chi connectivity index (χ3n) is 3.16. The molecule has 1 aromatic carbocycles. The second kappa shape index (κ2) is 6.73. The molecule has 8 heteroatoms. The molecule has 2 aromatic rings. The number of para-hydroxylation sites is 1. The van der Waals surface area contributed by atoms with Crippen LogP contribution in [-0.4, -0.2) is 27.5 Å². The minimum atomic E-state index is -0.718. The lowest BCUT2D eigenvalue weighted by Crippen LogP contribution is -2.43. The number of anilines is 1. The normalized spacial score (nSPS) is 10.2. The lowest BCUT2D eigenvalue weighted by atomic mass is 10.3. The van der Waals surface area contributed by atoms with E-state index in [4.69, 9.17) is 0 Å². The Morgan fingerprint density at radius 1 is 1.09 bits per heavy atom. The van der Waals surface area contributed by atoms with Crippen LogP contribution in [0.3, 0.4) is 0 Å². The standard InChI is InChI=1S/C15H16N4O4/c1-18-9-11(14(22)19(2)15(18)23)13(21)16-8-12(20)17-10-6-4-3-5-7-10/h3-7,9H,8H2,1-2H3,(H,16,21)(H,17,20). The third-order valence-corrected chi connectivity index (χ3v) is 3.16. The van der Waals surface area contributed by atoms with E-state index in [2.05, 4.69) is 10.6 Å². The fourth-order valence-corrected chi connectivity index (χ4v) is 1.95. The van der Waals surface area contributed by atoms with Crippen LogP contribution in [0.2, 0.25) is 0 Å². The number of carbonyl (C=O) groups excluding carboxylic acids is 2. The van der Waals surface area contributed by atoms with Crippen LogP contribution in [0.5, 0.6) is 0 Å². The van der Waals surface area contributed by atoms with Crippen molar-refractivity contribution in [1.82, 2.24) is 14.5 Å². The van der Waals surface area contributed by atoms with Crippen molar-refractivity contribution in [3.8, 4) is 0 Å². The monoisotopic (exact) mass is 316 g/mol. The van der Waals surface area contributed by atoms with Crippen LogP contribution in [-0.2, 0) is 18.9 Å². The number of nitrogens with one attached hydrogen (secondary N) is 2. The van der Waals surface area contributed by atoms with Crippen molar-refractivity contribution in [2.45, 2.75) is 0 Å². The summed E-state index contributed by atoms with van der Waals surface area (Å²) in [5.41, 5.74) is -0.852. The molecule has 0 unspecified atom stereocenters. The predicted molar refractivity (Wildman–Crippen MR) is 84.3 cm³/mol. The van der Waals surface area contributed by atoms with Crippen molar-refractivity contribution in [2.24, 2.45) is 14.1 Å². The summed E-state index contributed by atoms with van der Waals surface area (Å²) in [5.74, 6) is -1.14. The Hall–Kier alpha value is -3.16. The van der Waals surface area contributed by atoms with Gasteiger partial charge >= 0.3 is 5.69 Å². The number of benzene rings is 1. The number of carbonyl (C=O) groups is 2. The Kier molecular flexibility index (Phi) is 4.75. The lowest BCUT2D eigenvalue weighted by Gasteiger charge is -2.08. The minimum absolute atomic E-state index is 0.206. The van der Waals surface area contributed by atoms with Gasteiger partial charge in [0.05, 0.1) is 6.54 Å². The molecule has 0 saturated carbocycles. The molecule has 120 valence electrons. The molecule has 1 heterocycles. The number of amides is 2. The first-order chi connectivity index (χ1) is 10.9. The number of hydrogen-bond acceptors (Lipinski definition) is 4. The van der Waals surface area contributed by atoms with Gasteiger partial charge in [-0.25, -0.2) is 4.79 Å². The molecule has 0 radical (unpaired) electrons. The molecule has 0 aliphatic heterocycles. The molecule has 0 atom stereocenters. The highest BCUT2D eigenvalue weighted by atomic mass is 16.2. The number of aromatic nitrogens is 2. The predicted octanol–water partition coefficient (Wildman–Crippen LogP) is -0.547. The highest BCUT2D eigenvalue weighted by Crippen LogP contribution is 2.03. The zero-order valence-electron chi connectivity index (χ0n) is 12.7. The average molecular weight is 316 g/mol.